The molecule has 0 saturated heterocycles. The molecule has 1 atom stereocenters. The summed E-state index contributed by atoms with van der Waals surface area (Å²) in [4.78, 5) is 4.50. The highest BCUT2D eigenvalue weighted by atomic mass is 79.9. The minimum atomic E-state index is -0.0278. The number of nitrogens with one attached hydrogen (secondary N) is 1. The van der Waals surface area contributed by atoms with Crippen LogP contribution in [0.25, 0.3) is 0 Å². The monoisotopic (exact) mass is 294 g/mol. The molecule has 2 rings (SSSR count). The van der Waals surface area contributed by atoms with Crippen LogP contribution in [0.15, 0.2) is 33.5 Å². The van der Waals surface area contributed by atoms with Crippen molar-refractivity contribution in [2.24, 2.45) is 0 Å². The van der Waals surface area contributed by atoms with Gasteiger partial charge in [0.05, 0.1) is 16.4 Å². The summed E-state index contributed by atoms with van der Waals surface area (Å²) in [6, 6.07) is 3.99. The first-order valence-corrected chi connectivity index (χ1v) is 6.26. The van der Waals surface area contributed by atoms with E-state index in [0.717, 1.165) is 21.5 Å². The second-order valence-electron chi connectivity index (χ2n) is 4.07. The maximum atomic E-state index is 5.51. The Labute approximate surface area is 109 Å². The predicted octanol–water partition coefficient (Wildman–Crippen LogP) is 3.36. The average Bonchev–Trinajstić information content (AvgIpc) is 2.69. The maximum Gasteiger partial charge on any atom is 0.140 e. The summed E-state index contributed by atoms with van der Waals surface area (Å²) >= 11 is 3.48. The molecule has 0 aromatic carbocycles. The Balaban J connectivity index is 2.46. The lowest BCUT2D eigenvalue weighted by Crippen LogP contribution is -2.20. The third-order valence-electron chi connectivity index (χ3n) is 2.72. The third-order valence-corrected chi connectivity index (χ3v) is 3.38. The summed E-state index contributed by atoms with van der Waals surface area (Å²) in [5.41, 5.74) is 3.32. The lowest BCUT2D eigenvalue weighted by molar-refractivity contribution is 0.455. The van der Waals surface area contributed by atoms with E-state index in [1.54, 1.807) is 6.26 Å². The van der Waals surface area contributed by atoms with Gasteiger partial charge in [0.1, 0.15) is 11.8 Å². The quantitative estimate of drug-likeness (QED) is 0.943. The van der Waals surface area contributed by atoms with Crippen molar-refractivity contribution in [1.29, 1.82) is 0 Å². The van der Waals surface area contributed by atoms with E-state index in [1.807, 2.05) is 26.2 Å². The van der Waals surface area contributed by atoms with E-state index >= 15 is 0 Å². The van der Waals surface area contributed by atoms with Gasteiger partial charge in [-0.15, -0.1) is 0 Å². The molecule has 2 aromatic rings. The van der Waals surface area contributed by atoms with Crippen LogP contribution in [0.3, 0.4) is 0 Å². The van der Waals surface area contributed by atoms with Crippen molar-refractivity contribution in [3.8, 4) is 0 Å². The van der Waals surface area contributed by atoms with Crippen LogP contribution in [0.4, 0.5) is 0 Å². The zero-order valence-corrected chi connectivity index (χ0v) is 11.7. The van der Waals surface area contributed by atoms with Gasteiger partial charge in [0, 0.05) is 6.20 Å². The molecule has 90 valence electrons. The van der Waals surface area contributed by atoms with Crippen LogP contribution >= 0.6 is 15.9 Å². The van der Waals surface area contributed by atoms with Gasteiger partial charge in [-0.25, -0.2) is 0 Å². The van der Waals surface area contributed by atoms with E-state index in [4.69, 9.17) is 4.42 Å². The summed E-state index contributed by atoms with van der Waals surface area (Å²) in [6.45, 7) is 4.11. The molecule has 0 aliphatic rings. The Morgan fingerprint density at radius 2 is 2.18 bits per heavy atom. The maximum absolute atomic E-state index is 5.51. The Morgan fingerprint density at radius 3 is 2.71 bits per heavy atom. The molecule has 4 heteroatoms. The van der Waals surface area contributed by atoms with Crippen molar-refractivity contribution in [2.45, 2.75) is 19.9 Å². The van der Waals surface area contributed by atoms with Gasteiger partial charge in [-0.3, -0.25) is 4.98 Å². The summed E-state index contributed by atoms with van der Waals surface area (Å²) < 4.78 is 6.46. The Morgan fingerprint density at radius 1 is 1.41 bits per heavy atom. The molecule has 1 N–H and O–H groups in total. The molecular weight excluding hydrogens is 280 g/mol. The van der Waals surface area contributed by atoms with Crippen molar-refractivity contribution < 1.29 is 4.42 Å². The van der Waals surface area contributed by atoms with Gasteiger partial charge in [-0.2, -0.15) is 0 Å². The summed E-state index contributed by atoms with van der Waals surface area (Å²) in [6.07, 6.45) is 3.55. The molecule has 0 amide bonds. The van der Waals surface area contributed by atoms with Crippen LogP contribution in [0.5, 0.6) is 0 Å². The molecular formula is C13H15BrN2O. The van der Waals surface area contributed by atoms with E-state index in [2.05, 4.69) is 39.2 Å². The van der Waals surface area contributed by atoms with Crippen molar-refractivity contribution in [3.63, 3.8) is 0 Å². The molecule has 2 heterocycles. The summed E-state index contributed by atoms with van der Waals surface area (Å²) in [5, 5.41) is 3.24. The molecule has 1 unspecified atom stereocenters. The topological polar surface area (TPSA) is 38.1 Å². The van der Waals surface area contributed by atoms with E-state index in [-0.39, 0.29) is 6.04 Å². The third kappa shape index (κ3) is 2.42. The van der Waals surface area contributed by atoms with Gasteiger partial charge in [0.2, 0.25) is 0 Å². The predicted molar refractivity (Wildman–Crippen MR) is 71.0 cm³/mol. The van der Waals surface area contributed by atoms with Gasteiger partial charge in [0.15, 0.2) is 0 Å². The van der Waals surface area contributed by atoms with Crippen LogP contribution in [-0.4, -0.2) is 12.0 Å². The number of pyridine rings is 1. The fourth-order valence-electron chi connectivity index (χ4n) is 1.93. The Kier molecular flexibility index (Phi) is 3.64. The summed E-state index contributed by atoms with van der Waals surface area (Å²) in [7, 11) is 1.90. The molecule has 0 spiro atoms. The van der Waals surface area contributed by atoms with Crippen molar-refractivity contribution in [1.82, 2.24) is 10.3 Å². The lowest BCUT2D eigenvalue weighted by atomic mass is 10.0. The van der Waals surface area contributed by atoms with Crippen LogP contribution in [0.2, 0.25) is 0 Å². The second kappa shape index (κ2) is 5.02. The van der Waals surface area contributed by atoms with Crippen LogP contribution in [0.1, 0.15) is 28.6 Å². The zero-order valence-electron chi connectivity index (χ0n) is 10.1. The minimum absolute atomic E-state index is 0.0278. The number of hydrogen-bond donors (Lipinski definition) is 1. The first-order valence-electron chi connectivity index (χ1n) is 5.46. The molecule has 0 saturated carbocycles. The molecule has 3 nitrogen and oxygen atoms in total. The minimum Gasteiger partial charge on any atom is -0.466 e. The number of aromatic nitrogens is 1. The molecule has 0 fully saturated rings. The number of halogens is 1. The fourth-order valence-corrected chi connectivity index (χ4v) is 2.36. The zero-order chi connectivity index (χ0) is 12.4. The highest BCUT2D eigenvalue weighted by Crippen LogP contribution is 2.29. The van der Waals surface area contributed by atoms with Gasteiger partial charge in [0.25, 0.3) is 0 Å². The molecule has 2 aromatic heterocycles. The largest absolute Gasteiger partial charge is 0.466 e. The van der Waals surface area contributed by atoms with Crippen molar-refractivity contribution >= 4 is 15.9 Å². The second-order valence-corrected chi connectivity index (χ2v) is 4.92. The number of rotatable bonds is 3. The van der Waals surface area contributed by atoms with Gasteiger partial charge >= 0.3 is 0 Å². The number of hydrogen-bond acceptors (Lipinski definition) is 3. The van der Waals surface area contributed by atoms with E-state index in [9.17, 15) is 0 Å². The van der Waals surface area contributed by atoms with Crippen molar-refractivity contribution in [3.05, 3.63) is 51.6 Å². The van der Waals surface area contributed by atoms with Gasteiger partial charge in [-0.05, 0) is 54.0 Å². The molecule has 0 bridgehead atoms. The van der Waals surface area contributed by atoms with E-state index in [0.29, 0.717) is 0 Å². The highest BCUT2D eigenvalue weighted by Gasteiger charge is 2.21. The summed E-state index contributed by atoms with van der Waals surface area (Å²) in [5.74, 6) is 0.854. The Hall–Kier alpha value is -1.13. The lowest BCUT2D eigenvalue weighted by Gasteiger charge is -2.16. The first-order chi connectivity index (χ1) is 8.13. The van der Waals surface area contributed by atoms with Crippen LogP contribution in [0, 0.1) is 13.8 Å². The Bertz CT molecular complexity index is 522. The van der Waals surface area contributed by atoms with Gasteiger partial charge in [-0.1, -0.05) is 6.07 Å². The SMILES string of the molecule is CNC(c1ncc(C)cc1C)c1occc1Br. The highest BCUT2D eigenvalue weighted by molar-refractivity contribution is 9.10. The van der Waals surface area contributed by atoms with Crippen LogP contribution < -0.4 is 5.32 Å². The number of furan rings is 1. The molecule has 0 aliphatic carbocycles. The number of aryl methyl sites for hydroxylation is 2. The van der Waals surface area contributed by atoms with E-state index in [1.165, 1.54) is 5.56 Å². The van der Waals surface area contributed by atoms with Crippen LogP contribution in [-0.2, 0) is 0 Å². The molecule has 0 radical (unpaired) electrons. The van der Waals surface area contributed by atoms with E-state index < -0.39 is 0 Å². The normalized spacial score (nSPS) is 12.7. The number of nitrogens with zero attached hydrogens (tertiary/aromatic N) is 1. The molecule has 0 aliphatic heterocycles. The van der Waals surface area contributed by atoms with Gasteiger partial charge < -0.3 is 9.73 Å². The first kappa shape index (κ1) is 12.3. The molecule has 17 heavy (non-hydrogen) atoms. The standard InChI is InChI=1S/C13H15BrN2O/c1-8-6-9(2)11(16-7-8)12(15-3)13-10(14)4-5-17-13/h4-7,12,15H,1-3H3. The smallest absolute Gasteiger partial charge is 0.140 e. The van der Waals surface area contributed by atoms with Crippen molar-refractivity contribution in [2.75, 3.05) is 7.05 Å². The fraction of sp³-hybridized carbons (Fsp3) is 0.308. The average molecular weight is 295 g/mol.